The highest BCUT2D eigenvalue weighted by molar-refractivity contribution is 4.94. The summed E-state index contributed by atoms with van der Waals surface area (Å²) in [5.41, 5.74) is 0.184. The first-order valence-electron chi connectivity index (χ1n) is 5.51. The molecule has 1 aliphatic rings. The quantitative estimate of drug-likeness (QED) is 0.582. The highest BCUT2D eigenvalue weighted by Gasteiger charge is 2.43. The van der Waals surface area contributed by atoms with E-state index in [1.54, 1.807) is 0 Å². The van der Waals surface area contributed by atoms with Crippen molar-refractivity contribution in [2.24, 2.45) is 11.3 Å². The number of hydrogen-bond donors (Lipinski definition) is 0. The third kappa shape index (κ3) is 2.47. The number of rotatable bonds is 0. The van der Waals surface area contributed by atoms with E-state index in [1.807, 2.05) is 0 Å². The Kier molecular flexibility index (Phi) is 2.97. The van der Waals surface area contributed by atoms with Crippen molar-refractivity contribution in [1.29, 1.82) is 0 Å². The molecule has 0 amide bonds. The van der Waals surface area contributed by atoms with E-state index >= 15 is 0 Å². The molecule has 1 nitrogen and oxygen atoms in total. The number of likely N-dealkylation sites (tertiary alicyclic amines) is 1. The molecule has 1 saturated heterocycles. The van der Waals surface area contributed by atoms with Gasteiger partial charge >= 0.3 is 0 Å². The van der Waals surface area contributed by atoms with Gasteiger partial charge in [-0.05, 0) is 26.2 Å². The molecule has 0 aromatic rings. The van der Waals surface area contributed by atoms with Crippen molar-refractivity contribution in [3.8, 4) is 0 Å². The maximum absolute atomic E-state index is 13.8. The molecule has 0 bridgehead atoms. The van der Waals surface area contributed by atoms with E-state index in [0.717, 1.165) is 6.54 Å². The van der Waals surface area contributed by atoms with Crippen molar-refractivity contribution >= 4 is 0 Å². The van der Waals surface area contributed by atoms with Crippen molar-refractivity contribution in [3.63, 3.8) is 0 Å². The molecule has 0 aromatic carbocycles. The molecule has 1 heterocycles. The minimum atomic E-state index is -0.658. The second kappa shape index (κ2) is 3.48. The molecule has 0 aliphatic carbocycles. The van der Waals surface area contributed by atoms with Crippen LogP contribution in [0.15, 0.2) is 0 Å². The van der Waals surface area contributed by atoms with Crippen molar-refractivity contribution in [2.75, 3.05) is 13.1 Å². The van der Waals surface area contributed by atoms with Gasteiger partial charge in [0.05, 0.1) is 0 Å². The van der Waals surface area contributed by atoms with Crippen molar-refractivity contribution in [3.05, 3.63) is 0 Å². The summed E-state index contributed by atoms with van der Waals surface area (Å²) in [6, 6.07) is 0. The molecule has 1 fully saturated rings. The SMILES string of the molecule is CC(C)(C)C1CN(C(C)(C)C)CC1F. The molecule has 2 heteroatoms. The molecule has 2 atom stereocenters. The number of nitrogens with zero attached hydrogens (tertiary/aromatic N) is 1. The van der Waals surface area contributed by atoms with Crippen LogP contribution in [0.2, 0.25) is 0 Å². The van der Waals surface area contributed by atoms with E-state index < -0.39 is 6.17 Å². The molecular formula is C12H24FN. The van der Waals surface area contributed by atoms with Gasteiger partial charge in [0.1, 0.15) is 6.17 Å². The van der Waals surface area contributed by atoms with Gasteiger partial charge in [0.15, 0.2) is 0 Å². The molecule has 0 radical (unpaired) electrons. The summed E-state index contributed by atoms with van der Waals surface area (Å²) in [7, 11) is 0. The lowest BCUT2D eigenvalue weighted by molar-refractivity contribution is 0.145. The second-order valence-electron chi connectivity index (χ2n) is 6.56. The monoisotopic (exact) mass is 201 g/mol. The third-order valence-electron chi connectivity index (χ3n) is 3.31. The predicted octanol–water partition coefficient (Wildman–Crippen LogP) is 3.10. The fourth-order valence-electron chi connectivity index (χ4n) is 2.13. The van der Waals surface area contributed by atoms with Crippen LogP contribution in [-0.4, -0.2) is 29.7 Å². The zero-order chi connectivity index (χ0) is 11.1. The van der Waals surface area contributed by atoms with Crippen molar-refractivity contribution in [2.45, 2.75) is 53.3 Å². The van der Waals surface area contributed by atoms with Crippen LogP contribution in [0.5, 0.6) is 0 Å². The Bertz CT molecular complexity index is 199. The molecule has 1 rings (SSSR count). The lowest BCUT2D eigenvalue weighted by Gasteiger charge is -2.33. The number of alkyl halides is 1. The minimum Gasteiger partial charge on any atom is -0.295 e. The number of halogens is 1. The van der Waals surface area contributed by atoms with Crippen LogP contribution in [0.4, 0.5) is 4.39 Å². The van der Waals surface area contributed by atoms with Gasteiger partial charge in [-0.25, -0.2) is 4.39 Å². The first-order valence-corrected chi connectivity index (χ1v) is 5.51. The lowest BCUT2D eigenvalue weighted by atomic mass is 9.79. The van der Waals surface area contributed by atoms with Crippen LogP contribution in [0, 0.1) is 11.3 Å². The molecule has 0 spiro atoms. The Morgan fingerprint density at radius 1 is 1.00 bits per heavy atom. The average molecular weight is 201 g/mol. The zero-order valence-electron chi connectivity index (χ0n) is 10.4. The van der Waals surface area contributed by atoms with Gasteiger partial charge in [0.2, 0.25) is 0 Å². The van der Waals surface area contributed by atoms with E-state index in [2.05, 4.69) is 46.4 Å². The Labute approximate surface area is 87.7 Å². The highest BCUT2D eigenvalue weighted by atomic mass is 19.1. The molecule has 14 heavy (non-hydrogen) atoms. The second-order valence-corrected chi connectivity index (χ2v) is 6.56. The summed E-state index contributed by atoms with van der Waals surface area (Å²) in [4.78, 5) is 2.26. The van der Waals surface area contributed by atoms with E-state index in [1.165, 1.54) is 0 Å². The molecule has 2 unspecified atom stereocenters. The zero-order valence-corrected chi connectivity index (χ0v) is 10.4. The van der Waals surface area contributed by atoms with Gasteiger partial charge in [0.25, 0.3) is 0 Å². The van der Waals surface area contributed by atoms with E-state index in [-0.39, 0.29) is 16.9 Å². The first-order chi connectivity index (χ1) is 6.12. The molecule has 0 saturated carbocycles. The maximum Gasteiger partial charge on any atom is 0.117 e. The van der Waals surface area contributed by atoms with Crippen molar-refractivity contribution < 1.29 is 4.39 Å². The third-order valence-corrected chi connectivity index (χ3v) is 3.31. The topological polar surface area (TPSA) is 3.24 Å². The van der Waals surface area contributed by atoms with Crippen LogP contribution in [0.1, 0.15) is 41.5 Å². The van der Waals surface area contributed by atoms with Gasteiger partial charge in [-0.15, -0.1) is 0 Å². The maximum atomic E-state index is 13.8. The fourth-order valence-corrected chi connectivity index (χ4v) is 2.13. The van der Waals surface area contributed by atoms with Crippen LogP contribution in [-0.2, 0) is 0 Å². The summed E-state index contributed by atoms with van der Waals surface area (Å²) in [5, 5.41) is 0. The van der Waals surface area contributed by atoms with E-state index in [0.29, 0.717) is 6.54 Å². The summed E-state index contributed by atoms with van der Waals surface area (Å²) < 4.78 is 13.8. The minimum absolute atomic E-state index is 0.0828. The van der Waals surface area contributed by atoms with E-state index in [9.17, 15) is 4.39 Å². The molecule has 1 aliphatic heterocycles. The van der Waals surface area contributed by atoms with Crippen LogP contribution in [0.25, 0.3) is 0 Å². The smallest absolute Gasteiger partial charge is 0.117 e. The Morgan fingerprint density at radius 3 is 1.71 bits per heavy atom. The molecule has 84 valence electrons. The van der Waals surface area contributed by atoms with Crippen LogP contribution >= 0.6 is 0 Å². The largest absolute Gasteiger partial charge is 0.295 e. The summed E-state index contributed by atoms with van der Waals surface area (Å²) in [6.45, 7) is 14.4. The summed E-state index contributed by atoms with van der Waals surface area (Å²) in [5.74, 6) is 0.182. The van der Waals surface area contributed by atoms with Crippen LogP contribution < -0.4 is 0 Å². The van der Waals surface area contributed by atoms with Gasteiger partial charge in [-0.1, -0.05) is 20.8 Å². The Balaban J connectivity index is 2.70. The number of hydrogen-bond acceptors (Lipinski definition) is 1. The highest BCUT2D eigenvalue weighted by Crippen LogP contribution is 2.37. The van der Waals surface area contributed by atoms with Gasteiger partial charge < -0.3 is 0 Å². The van der Waals surface area contributed by atoms with E-state index in [4.69, 9.17) is 0 Å². The first kappa shape index (κ1) is 12.0. The Morgan fingerprint density at radius 2 is 1.50 bits per heavy atom. The standard InChI is InChI=1S/C12H24FN/c1-11(2,3)9-7-14(8-10(9)13)12(4,5)6/h9-10H,7-8H2,1-6H3. The summed E-state index contributed by atoms with van der Waals surface area (Å²) >= 11 is 0. The summed E-state index contributed by atoms with van der Waals surface area (Å²) in [6.07, 6.45) is -0.658. The Hall–Kier alpha value is -0.110. The predicted molar refractivity (Wildman–Crippen MR) is 59.2 cm³/mol. The van der Waals surface area contributed by atoms with Gasteiger partial charge in [-0.3, -0.25) is 4.90 Å². The van der Waals surface area contributed by atoms with Crippen LogP contribution in [0.3, 0.4) is 0 Å². The van der Waals surface area contributed by atoms with Crippen molar-refractivity contribution in [1.82, 2.24) is 4.90 Å². The van der Waals surface area contributed by atoms with Gasteiger partial charge in [-0.2, -0.15) is 0 Å². The molecular weight excluding hydrogens is 177 g/mol. The molecule has 0 aromatic heterocycles. The normalized spacial score (nSPS) is 31.1. The fraction of sp³-hybridized carbons (Fsp3) is 1.00. The average Bonchev–Trinajstić information content (AvgIpc) is 2.27. The molecule has 0 N–H and O–H groups in total. The van der Waals surface area contributed by atoms with Gasteiger partial charge in [0, 0.05) is 24.5 Å². The lowest BCUT2D eigenvalue weighted by Crippen LogP contribution is -2.40.